The van der Waals surface area contributed by atoms with Crippen molar-refractivity contribution in [3.05, 3.63) is 35.9 Å². The number of hydrogen-bond acceptors (Lipinski definition) is 2. The van der Waals surface area contributed by atoms with Crippen LogP contribution >= 0.6 is 11.6 Å². The number of benzene rings is 1. The lowest BCUT2D eigenvalue weighted by Gasteiger charge is -2.35. The Balaban J connectivity index is 1.85. The molecule has 0 amide bonds. The van der Waals surface area contributed by atoms with E-state index >= 15 is 0 Å². The number of ketones is 1. The average Bonchev–Trinajstić information content (AvgIpc) is 2.47. The lowest BCUT2D eigenvalue weighted by Crippen LogP contribution is -2.40. The van der Waals surface area contributed by atoms with Crippen molar-refractivity contribution in [2.75, 3.05) is 19.0 Å². The summed E-state index contributed by atoms with van der Waals surface area (Å²) >= 11 is 5.87. The van der Waals surface area contributed by atoms with Gasteiger partial charge in [-0.05, 0) is 25.8 Å². The highest BCUT2D eigenvalue weighted by Gasteiger charge is 2.22. The van der Waals surface area contributed by atoms with Crippen molar-refractivity contribution in [2.45, 2.75) is 38.1 Å². The fraction of sp³-hybridized carbons (Fsp3) is 0.562. The van der Waals surface area contributed by atoms with Crippen LogP contribution in [-0.2, 0) is 0 Å². The van der Waals surface area contributed by atoms with E-state index in [1.165, 1.54) is 19.3 Å². The fourth-order valence-corrected chi connectivity index (χ4v) is 3.07. The third-order valence-electron chi connectivity index (χ3n) is 3.91. The Kier molecular flexibility index (Phi) is 5.87. The summed E-state index contributed by atoms with van der Waals surface area (Å²) < 4.78 is 0. The molecule has 2 nitrogen and oxygen atoms in total. The summed E-state index contributed by atoms with van der Waals surface area (Å²) in [5, 5.41) is 0. The van der Waals surface area contributed by atoms with Crippen LogP contribution in [0.3, 0.4) is 0 Å². The van der Waals surface area contributed by atoms with Crippen molar-refractivity contribution in [3.63, 3.8) is 0 Å². The van der Waals surface area contributed by atoms with Crippen LogP contribution in [0.15, 0.2) is 30.3 Å². The van der Waals surface area contributed by atoms with E-state index in [9.17, 15) is 4.79 Å². The molecule has 1 saturated heterocycles. The minimum atomic E-state index is 0.246. The van der Waals surface area contributed by atoms with E-state index in [2.05, 4.69) is 4.90 Å². The summed E-state index contributed by atoms with van der Waals surface area (Å²) in [6.45, 7) is 1.99. The van der Waals surface area contributed by atoms with E-state index in [1.807, 2.05) is 30.3 Å². The summed E-state index contributed by atoms with van der Waals surface area (Å²) in [6.07, 6.45) is 5.43. The Labute approximate surface area is 120 Å². The summed E-state index contributed by atoms with van der Waals surface area (Å²) in [7, 11) is 0. The molecule has 3 heteroatoms. The molecule has 0 N–H and O–H groups in total. The molecule has 1 aliphatic rings. The molecule has 0 spiro atoms. The standard InChI is InChI=1S/C16H22ClNO/c17-11-9-15-8-4-5-12-18(15)13-10-16(19)14-6-2-1-3-7-14/h1-3,6-7,15H,4-5,8-13H2. The molecule has 2 rings (SSSR count). The molecule has 1 atom stereocenters. The number of carbonyl (C=O) groups excluding carboxylic acids is 1. The van der Waals surface area contributed by atoms with Gasteiger partial charge in [-0.2, -0.15) is 0 Å². The fourth-order valence-electron chi connectivity index (χ4n) is 2.82. The Morgan fingerprint density at radius 1 is 1.26 bits per heavy atom. The second-order valence-corrected chi connectivity index (χ2v) is 5.58. The zero-order valence-electron chi connectivity index (χ0n) is 11.4. The number of piperidine rings is 1. The van der Waals surface area contributed by atoms with Gasteiger partial charge in [-0.3, -0.25) is 9.69 Å². The van der Waals surface area contributed by atoms with Crippen LogP contribution < -0.4 is 0 Å². The van der Waals surface area contributed by atoms with Gasteiger partial charge in [-0.15, -0.1) is 11.6 Å². The first-order chi connectivity index (χ1) is 9.31. The topological polar surface area (TPSA) is 20.3 Å². The van der Waals surface area contributed by atoms with Crippen LogP contribution in [0.25, 0.3) is 0 Å². The lowest BCUT2D eigenvalue weighted by molar-refractivity contribution is 0.0923. The van der Waals surface area contributed by atoms with Gasteiger partial charge < -0.3 is 0 Å². The maximum Gasteiger partial charge on any atom is 0.164 e. The predicted molar refractivity (Wildman–Crippen MR) is 79.9 cm³/mol. The molecule has 0 saturated carbocycles. The monoisotopic (exact) mass is 279 g/mol. The molecule has 1 unspecified atom stereocenters. The van der Waals surface area contributed by atoms with Crippen molar-refractivity contribution in [3.8, 4) is 0 Å². The molecular weight excluding hydrogens is 258 g/mol. The molecule has 19 heavy (non-hydrogen) atoms. The Morgan fingerprint density at radius 2 is 2.05 bits per heavy atom. The van der Waals surface area contributed by atoms with E-state index in [4.69, 9.17) is 11.6 Å². The van der Waals surface area contributed by atoms with Crippen molar-refractivity contribution in [2.24, 2.45) is 0 Å². The zero-order valence-corrected chi connectivity index (χ0v) is 12.1. The number of rotatable bonds is 6. The zero-order chi connectivity index (χ0) is 13.5. The molecule has 0 aliphatic carbocycles. The maximum atomic E-state index is 12.1. The number of nitrogens with zero attached hydrogens (tertiary/aromatic N) is 1. The minimum absolute atomic E-state index is 0.246. The third-order valence-corrected chi connectivity index (χ3v) is 4.13. The minimum Gasteiger partial charge on any atom is -0.300 e. The van der Waals surface area contributed by atoms with Gasteiger partial charge in [0.15, 0.2) is 5.78 Å². The van der Waals surface area contributed by atoms with Crippen LogP contribution in [0.5, 0.6) is 0 Å². The summed E-state index contributed by atoms with van der Waals surface area (Å²) in [6, 6.07) is 10.2. The van der Waals surface area contributed by atoms with Crippen LogP contribution in [0.4, 0.5) is 0 Å². The highest BCUT2D eigenvalue weighted by molar-refractivity contribution is 6.17. The molecular formula is C16H22ClNO. The Morgan fingerprint density at radius 3 is 2.79 bits per heavy atom. The number of alkyl halides is 1. The predicted octanol–water partition coefficient (Wildman–Crippen LogP) is 3.74. The van der Waals surface area contributed by atoms with E-state index in [1.54, 1.807) is 0 Å². The van der Waals surface area contributed by atoms with Gasteiger partial charge in [0.05, 0.1) is 0 Å². The van der Waals surface area contributed by atoms with Crippen LogP contribution in [-0.4, -0.2) is 35.7 Å². The number of halogens is 1. The highest BCUT2D eigenvalue weighted by Crippen LogP contribution is 2.20. The normalized spacial score (nSPS) is 20.4. The van der Waals surface area contributed by atoms with E-state index in [0.29, 0.717) is 18.3 Å². The lowest BCUT2D eigenvalue weighted by atomic mass is 9.99. The molecule has 1 aromatic carbocycles. The quantitative estimate of drug-likeness (QED) is 0.584. The number of hydrogen-bond donors (Lipinski definition) is 0. The van der Waals surface area contributed by atoms with Gasteiger partial charge in [0.2, 0.25) is 0 Å². The van der Waals surface area contributed by atoms with Crippen molar-refractivity contribution in [1.82, 2.24) is 4.90 Å². The highest BCUT2D eigenvalue weighted by atomic mass is 35.5. The molecule has 0 bridgehead atoms. The Hall–Kier alpha value is -0.860. The first-order valence-electron chi connectivity index (χ1n) is 7.19. The number of carbonyl (C=O) groups is 1. The SMILES string of the molecule is O=C(CCN1CCCCC1CCCl)c1ccccc1. The van der Waals surface area contributed by atoms with Crippen LogP contribution in [0, 0.1) is 0 Å². The van der Waals surface area contributed by atoms with Gasteiger partial charge in [0, 0.05) is 30.5 Å². The number of likely N-dealkylation sites (tertiary alicyclic amines) is 1. The maximum absolute atomic E-state index is 12.1. The smallest absolute Gasteiger partial charge is 0.164 e. The van der Waals surface area contributed by atoms with Crippen LogP contribution in [0.1, 0.15) is 42.5 Å². The summed E-state index contributed by atoms with van der Waals surface area (Å²) in [4.78, 5) is 14.6. The molecule has 0 radical (unpaired) electrons. The van der Waals surface area contributed by atoms with Crippen LogP contribution in [0.2, 0.25) is 0 Å². The van der Waals surface area contributed by atoms with E-state index in [0.717, 1.165) is 25.1 Å². The first kappa shape index (κ1) is 14.5. The van der Waals surface area contributed by atoms with E-state index in [-0.39, 0.29) is 5.78 Å². The molecule has 1 aromatic rings. The second kappa shape index (κ2) is 7.66. The molecule has 1 fully saturated rings. The van der Waals surface area contributed by atoms with Gasteiger partial charge in [0.25, 0.3) is 0 Å². The molecule has 1 aliphatic heterocycles. The van der Waals surface area contributed by atoms with Gasteiger partial charge >= 0.3 is 0 Å². The largest absolute Gasteiger partial charge is 0.300 e. The first-order valence-corrected chi connectivity index (χ1v) is 7.73. The average molecular weight is 280 g/mol. The number of Topliss-reactive ketones (excluding diaryl/α,β-unsaturated/α-hetero) is 1. The molecule has 0 aromatic heterocycles. The van der Waals surface area contributed by atoms with E-state index < -0.39 is 0 Å². The Bertz CT molecular complexity index is 391. The summed E-state index contributed by atoms with van der Waals surface area (Å²) in [5.41, 5.74) is 0.827. The van der Waals surface area contributed by atoms with Crippen molar-refractivity contribution < 1.29 is 4.79 Å². The van der Waals surface area contributed by atoms with Gasteiger partial charge in [-0.25, -0.2) is 0 Å². The van der Waals surface area contributed by atoms with Crippen molar-refractivity contribution >= 4 is 17.4 Å². The third kappa shape index (κ3) is 4.32. The second-order valence-electron chi connectivity index (χ2n) is 5.20. The van der Waals surface area contributed by atoms with Crippen molar-refractivity contribution in [1.29, 1.82) is 0 Å². The van der Waals surface area contributed by atoms with Gasteiger partial charge in [0.1, 0.15) is 0 Å². The molecule has 104 valence electrons. The van der Waals surface area contributed by atoms with Gasteiger partial charge in [-0.1, -0.05) is 36.8 Å². The molecule has 1 heterocycles. The summed E-state index contributed by atoms with van der Waals surface area (Å²) in [5.74, 6) is 0.962.